The van der Waals surface area contributed by atoms with Crippen LogP contribution in [0.5, 0.6) is 5.75 Å². The molecule has 1 saturated carbocycles. The van der Waals surface area contributed by atoms with Crippen LogP contribution in [0.3, 0.4) is 0 Å². The van der Waals surface area contributed by atoms with Gasteiger partial charge in [0.1, 0.15) is 17.1 Å². The zero-order valence-corrected chi connectivity index (χ0v) is 24.6. The minimum Gasteiger partial charge on any atom is -0.508 e. The number of aromatic hydroxyl groups is 1. The number of piperazine rings is 1. The van der Waals surface area contributed by atoms with E-state index in [-0.39, 0.29) is 5.54 Å². The Morgan fingerprint density at radius 2 is 1.87 bits per heavy atom. The van der Waals surface area contributed by atoms with E-state index in [9.17, 15) is 5.11 Å². The third kappa shape index (κ3) is 5.65. The van der Waals surface area contributed by atoms with E-state index in [2.05, 4.69) is 79.0 Å². The van der Waals surface area contributed by atoms with Crippen LogP contribution in [0.25, 0.3) is 11.2 Å². The lowest BCUT2D eigenvalue weighted by Gasteiger charge is -2.46. The third-order valence-corrected chi connectivity index (χ3v) is 9.05. The molecule has 1 aromatic carbocycles. The van der Waals surface area contributed by atoms with Crippen LogP contribution < -0.4 is 10.6 Å². The first-order chi connectivity index (χ1) is 18.7. The van der Waals surface area contributed by atoms with E-state index >= 15 is 0 Å². The first kappa shape index (κ1) is 27.9. The molecule has 39 heavy (non-hydrogen) atoms. The molecule has 0 amide bonds. The number of nitrogens with zero attached hydrogens (tertiary/aromatic N) is 5. The molecule has 3 N–H and O–H groups in total. The monoisotopic (exact) mass is 533 g/mol. The van der Waals surface area contributed by atoms with Crippen molar-refractivity contribution in [3.8, 4) is 5.75 Å². The van der Waals surface area contributed by atoms with Gasteiger partial charge >= 0.3 is 0 Å². The summed E-state index contributed by atoms with van der Waals surface area (Å²) in [6.45, 7) is 8.89. The number of pyridine rings is 1. The van der Waals surface area contributed by atoms with E-state index in [1.807, 2.05) is 18.3 Å². The quantitative estimate of drug-likeness (QED) is 0.376. The Morgan fingerprint density at radius 1 is 1.15 bits per heavy atom. The molecule has 2 aromatic heterocycles. The summed E-state index contributed by atoms with van der Waals surface area (Å²) in [5.41, 5.74) is 4.11. The SMILES string of the molecule is CCC[C@@H](c1nc2cc(NC3CCC(c4cccc(O)c4)(N(C)C)CC3)cnc2n1C)N1C[C@@H](C)N[C@@H](C)C1. The smallest absolute Gasteiger partial charge is 0.159 e. The van der Waals surface area contributed by atoms with Gasteiger partial charge < -0.3 is 20.3 Å². The van der Waals surface area contributed by atoms with Crippen molar-refractivity contribution >= 4 is 16.9 Å². The van der Waals surface area contributed by atoms with Gasteiger partial charge in [-0.15, -0.1) is 0 Å². The van der Waals surface area contributed by atoms with Crippen molar-refractivity contribution in [2.24, 2.45) is 7.05 Å². The van der Waals surface area contributed by atoms with Gasteiger partial charge in [-0.2, -0.15) is 0 Å². The van der Waals surface area contributed by atoms with E-state index < -0.39 is 0 Å². The van der Waals surface area contributed by atoms with Crippen LogP contribution in [0.4, 0.5) is 5.69 Å². The van der Waals surface area contributed by atoms with Gasteiger partial charge in [0.25, 0.3) is 0 Å². The highest BCUT2D eigenvalue weighted by molar-refractivity contribution is 5.75. The van der Waals surface area contributed by atoms with E-state index in [1.54, 1.807) is 6.07 Å². The van der Waals surface area contributed by atoms with Crippen molar-refractivity contribution in [2.75, 3.05) is 32.5 Å². The molecule has 8 nitrogen and oxygen atoms in total. The van der Waals surface area contributed by atoms with E-state index in [0.717, 1.165) is 74.3 Å². The zero-order valence-electron chi connectivity index (χ0n) is 24.6. The lowest BCUT2D eigenvalue weighted by molar-refractivity contribution is 0.0942. The van der Waals surface area contributed by atoms with Crippen molar-refractivity contribution < 1.29 is 5.11 Å². The average Bonchev–Trinajstić information content (AvgIpc) is 3.22. The summed E-state index contributed by atoms with van der Waals surface area (Å²) in [4.78, 5) is 15.0. The Kier molecular flexibility index (Phi) is 8.17. The number of hydrogen-bond donors (Lipinski definition) is 3. The fourth-order valence-electron chi connectivity index (χ4n) is 7.11. The second-order valence-corrected chi connectivity index (χ2v) is 12.2. The number of aromatic nitrogens is 3. The number of phenolic OH excluding ortho intramolecular Hbond substituents is 1. The third-order valence-electron chi connectivity index (χ3n) is 9.05. The van der Waals surface area contributed by atoms with Gasteiger partial charge in [-0.3, -0.25) is 9.80 Å². The normalized spacial score (nSPS) is 27.2. The Morgan fingerprint density at radius 3 is 2.51 bits per heavy atom. The molecular weight excluding hydrogens is 486 g/mol. The Balaban J connectivity index is 1.32. The molecule has 3 heterocycles. The fraction of sp³-hybridized carbons (Fsp3) is 0.613. The summed E-state index contributed by atoms with van der Waals surface area (Å²) in [5, 5.41) is 17.5. The molecule has 8 heteroatoms. The largest absolute Gasteiger partial charge is 0.508 e. The van der Waals surface area contributed by atoms with Gasteiger partial charge in [0, 0.05) is 43.8 Å². The molecule has 2 fully saturated rings. The Bertz CT molecular complexity index is 1250. The highest BCUT2D eigenvalue weighted by Crippen LogP contribution is 2.42. The standard InChI is InChI=1S/C31H47N7O/c1-7-9-28(38-19-21(2)33-22(3)20-38)30-35-27-17-25(18-32-29(27)37(30)6)34-24-12-14-31(15-13-24,36(4)5)23-10-8-11-26(39)16-23/h8,10-11,16-18,21-22,24,28,33-34,39H,7,9,12-15,19-20H2,1-6H3/t21-,22+,24?,28-,31?/m0/s1. The highest BCUT2D eigenvalue weighted by atomic mass is 16.3. The molecule has 2 aliphatic rings. The number of anilines is 1. The number of rotatable bonds is 8. The number of imidazole rings is 1. The molecule has 1 aliphatic carbocycles. The lowest BCUT2D eigenvalue weighted by atomic mass is 9.74. The summed E-state index contributed by atoms with van der Waals surface area (Å²) in [6.07, 6.45) is 8.36. The van der Waals surface area contributed by atoms with Crippen LogP contribution in [0.1, 0.15) is 76.7 Å². The van der Waals surface area contributed by atoms with Gasteiger partial charge in [0.15, 0.2) is 5.65 Å². The molecule has 1 saturated heterocycles. The van der Waals surface area contributed by atoms with Gasteiger partial charge in [-0.1, -0.05) is 25.5 Å². The van der Waals surface area contributed by atoms with Gasteiger partial charge in [0.05, 0.1) is 17.9 Å². The van der Waals surface area contributed by atoms with Crippen LogP contribution in [0.15, 0.2) is 36.5 Å². The molecule has 3 aromatic rings. The summed E-state index contributed by atoms with van der Waals surface area (Å²) in [6, 6.07) is 11.6. The van der Waals surface area contributed by atoms with Crippen molar-refractivity contribution in [3.05, 3.63) is 47.9 Å². The molecule has 0 radical (unpaired) electrons. The van der Waals surface area contributed by atoms with E-state index in [0.29, 0.717) is 29.9 Å². The van der Waals surface area contributed by atoms with Crippen LogP contribution in [-0.2, 0) is 12.6 Å². The molecule has 0 spiro atoms. The van der Waals surface area contributed by atoms with Gasteiger partial charge in [-0.25, -0.2) is 9.97 Å². The predicted octanol–water partition coefficient (Wildman–Crippen LogP) is 5.01. The fourth-order valence-corrected chi connectivity index (χ4v) is 7.11. The summed E-state index contributed by atoms with van der Waals surface area (Å²) in [5.74, 6) is 1.46. The first-order valence-electron chi connectivity index (χ1n) is 14.8. The summed E-state index contributed by atoms with van der Waals surface area (Å²) in [7, 11) is 6.43. The van der Waals surface area contributed by atoms with Crippen molar-refractivity contribution in [3.63, 3.8) is 0 Å². The molecule has 3 atom stereocenters. The van der Waals surface area contributed by atoms with Crippen molar-refractivity contribution in [1.29, 1.82) is 0 Å². The van der Waals surface area contributed by atoms with Crippen LogP contribution in [-0.4, -0.2) is 74.8 Å². The number of phenols is 1. The number of hydrogen-bond acceptors (Lipinski definition) is 7. The van der Waals surface area contributed by atoms with Crippen LogP contribution in [0, 0.1) is 0 Å². The van der Waals surface area contributed by atoms with Crippen LogP contribution >= 0.6 is 0 Å². The maximum Gasteiger partial charge on any atom is 0.159 e. The van der Waals surface area contributed by atoms with Gasteiger partial charge in [-0.05, 0) is 83.8 Å². The molecule has 0 bridgehead atoms. The number of nitrogens with one attached hydrogen (secondary N) is 2. The zero-order chi connectivity index (χ0) is 27.7. The van der Waals surface area contributed by atoms with Gasteiger partial charge in [0.2, 0.25) is 0 Å². The summed E-state index contributed by atoms with van der Waals surface area (Å²) >= 11 is 0. The number of aryl methyl sites for hydroxylation is 1. The number of fused-ring (bicyclic) bond motifs is 1. The lowest BCUT2D eigenvalue weighted by Crippen LogP contribution is -2.55. The highest BCUT2D eigenvalue weighted by Gasteiger charge is 2.39. The maximum absolute atomic E-state index is 10.1. The minimum atomic E-state index is -0.0533. The molecule has 212 valence electrons. The predicted molar refractivity (Wildman–Crippen MR) is 159 cm³/mol. The van der Waals surface area contributed by atoms with E-state index in [1.165, 1.54) is 5.56 Å². The minimum absolute atomic E-state index is 0.0533. The van der Waals surface area contributed by atoms with E-state index in [4.69, 9.17) is 9.97 Å². The molecule has 1 aliphatic heterocycles. The molecule has 5 rings (SSSR count). The molecular formula is C31H47N7O. The topological polar surface area (TPSA) is 81.5 Å². The Hall–Kier alpha value is -2.68. The number of benzene rings is 1. The maximum atomic E-state index is 10.1. The second-order valence-electron chi connectivity index (χ2n) is 12.2. The van der Waals surface area contributed by atoms with Crippen LogP contribution in [0.2, 0.25) is 0 Å². The second kappa shape index (κ2) is 11.4. The van der Waals surface area contributed by atoms with Crippen molar-refractivity contribution in [2.45, 2.75) is 89.0 Å². The Labute approximate surface area is 233 Å². The summed E-state index contributed by atoms with van der Waals surface area (Å²) < 4.78 is 2.21. The first-order valence-corrected chi connectivity index (χ1v) is 14.8. The average molecular weight is 534 g/mol. The molecule has 0 unspecified atom stereocenters. The van der Waals surface area contributed by atoms with Crippen molar-refractivity contribution in [1.82, 2.24) is 29.7 Å².